The standard InChI is InChI=1S/C13H16ClNO4/c1-6-3-8-11(14)7(9(5-15)13(16)17)4-10(18-2)12(8)19-6/h4,6,9H,3,5,15H2,1-2H3,(H,16,17). The van der Waals surface area contributed by atoms with Gasteiger partial charge in [-0.2, -0.15) is 0 Å². The van der Waals surface area contributed by atoms with E-state index in [9.17, 15) is 9.90 Å². The smallest absolute Gasteiger partial charge is 0.312 e. The van der Waals surface area contributed by atoms with Crippen LogP contribution in [0, 0.1) is 0 Å². The lowest BCUT2D eigenvalue weighted by atomic mass is 9.95. The molecular formula is C13H16ClNO4. The first kappa shape index (κ1) is 14.0. The number of hydrogen-bond donors (Lipinski definition) is 2. The summed E-state index contributed by atoms with van der Waals surface area (Å²) in [6, 6.07) is 1.60. The minimum atomic E-state index is -1.00. The third-order valence-electron chi connectivity index (χ3n) is 3.24. The van der Waals surface area contributed by atoms with Crippen molar-refractivity contribution >= 4 is 17.6 Å². The van der Waals surface area contributed by atoms with E-state index < -0.39 is 11.9 Å². The van der Waals surface area contributed by atoms with Gasteiger partial charge in [0.15, 0.2) is 11.5 Å². The van der Waals surface area contributed by atoms with Crippen LogP contribution in [0.25, 0.3) is 0 Å². The number of ether oxygens (including phenoxy) is 2. The molecule has 3 N–H and O–H groups in total. The van der Waals surface area contributed by atoms with E-state index in [-0.39, 0.29) is 12.6 Å². The first-order valence-corrected chi connectivity index (χ1v) is 6.36. The van der Waals surface area contributed by atoms with Crippen LogP contribution in [0.2, 0.25) is 5.02 Å². The molecule has 1 aliphatic rings. The molecule has 0 saturated heterocycles. The van der Waals surface area contributed by atoms with Crippen molar-refractivity contribution in [3.05, 3.63) is 22.2 Å². The summed E-state index contributed by atoms with van der Waals surface area (Å²) in [5, 5.41) is 9.62. The Labute approximate surface area is 116 Å². The van der Waals surface area contributed by atoms with Gasteiger partial charge in [-0.15, -0.1) is 0 Å². The van der Waals surface area contributed by atoms with Crippen molar-refractivity contribution in [2.45, 2.75) is 25.4 Å². The number of hydrogen-bond acceptors (Lipinski definition) is 4. The van der Waals surface area contributed by atoms with Gasteiger partial charge in [0.1, 0.15) is 6.10 Å². The summed E-state index contributed by atoms with van der Waals surface area (Å²) in [7, 11) is 1.51. The van der Waals surface area contributed by atoms with E-state index in [2.05, 4.69) is 0 Å². The van der Waals surface area contributed by atoms with E-state index in [0.29, 0.717) is 28.5 Å². The Kier molecular flexibility index (Phi) is 3.87. The van der Waals surface area contributed by atoms with Gasteiger partial charge in [-0.25, -0.2) is 0 Å². The number of fused-ring (bicyclic) bond motifs is 1. The molecule has 2 rings (SSSR count). The second-order valence-corrected chi connectivity index (χ2v) is 4.93. The van der Waals surface area contributed by atoms with Crippen LogP contribution in [-0.2, 0) is 11.2 Å². The van der Waals surface area contributed by atoms with Crippen LogP contribution >= 0.6 is 11.6 Å². The van der Waals surface area contributed by atoms with Crippen molar-refractivity contribution < 1.29 is 19.4 Å². The normalized spacial score (nSPS) is 18.6. The number of nitrogens with two attached hydrogens (primary N) is 1. The van der Waals surface area contributed by atoms with Crippen LogP contribution in [0.4, 0.5) is 0 Å². The molecular weight excluding hydrogens is 270 g/mol. The minimum Gasteiger partial charge on any atom is -0.493 e. The van der Waals surface area contributed by atoms with E-state index in [0.717, 1.165) is 5.56 Å². The van der Waals surface area contributed by atoms with Gasteiger partial charge >= 0.3 is 5.97 Å². The quantitative estimate of drug-likeness (QED) is 0.881. The zero-order valence-electron chi connectivity index (χ0n) is 10.8. The summed E-state index contributed by atoms with van der Waals surface area (Å²) in [6.07, 6.45) is 0.632. The molecule has 5 nitrogen and oxygen atoms in total. The zero-order valence-corrected chi connectivity index (χ0v) is 11.5. The molecule has 0 amide bonds. The summed E-state index contributed by atoms with van der Waals surface area (Å²) >= 11 is 6.31. The van der Waals surface area contributed by atoms with Gasteiger partial charge < -0.3 is 20.3 Å². The summed E-state index contributed by atoms with van der Waals surface area (Å²) < 4.78 is 10.9. The highest BCUT2D eigenvalue weighted by atomic mass is 35.5. The van der Waals surface area contributed by atoms with E-state index in [1.54, 1.807) is 6.07 Å². The molecule has 1 aromatic rings. The molecule has 0 radical (unpaired) electrons. The molecule has 1 heterocycles. The predicted molar refractivity (Wildman–Crippen MR) is 71.2 cm³/mol. The summed E-state index contributed by atoms with van der Waals surface area (Å²) in [5.41, 5.74) is 6.80. The average molecular weight is 286 g/mol. The Hall–Kier alpha value is -1.46. The lowest BCUT2D eigenvalue weighted by molar-refractivity contribution is -0.138. The fraction of sp³-hybridized carbons (Fsp3) is 0.462. The van der Waals surface area contributed by atoms with Gasteiger partial charge in [-0.1, -0.05) is 11.6 Å². The Balaban J connectivity index is 2.58. The molecule has 6 heteroatoms. The van der Waals surface area contributed by atoms with Crippen molar-refractivity contribution in [2.24, 2.45) is 5.73 Å². The summed E-state index contributed by atoms with van der Waals surface area (Å²) in [5.74, 6) is -0.746. The van der Waals surface area contributed by atoms with Crippen LogP contribution in [0.5, 0.6) is 11.5 Å². The number of benzene rings is 1. The Morgan fingerprint density at radius 1 is 1.74 bits per heavy atom. The highest BCUT2D eigenvalue weighted by molar-refractivity contribution is 6.32. The number of halogens is 1. The van der Waals surface area contributed by atoms with Gasteiger partial charge in [-0.3, -0.25) is 4.79 Å². The topological polar surface area (TPSA) is 81.8 Å². The molecule has 104 valence electrons. The van der Waals surface area contributed by atoms with Gasteiger partial charge in [0.25, 0.3) is 0 Å². The van der Waals surface area contributed by atoms with E-state index in [1.807, 2.05) is 6.92 Å². The van der Waals surface area contributed by atoms with Gasteiger partial charge in [0.2, 0.25) is 0 Å². The van der Waals surface area contributed by atoms with Crippen LogP contribution in [0.3, 0.4) is 0 Å². The van der Waals surface area contributed by atoms with Crippen molar-refractivity contribution in [1.29, 1.82) is 0 Å². The maximum atomic E-state index is 11.2. The number of aliphatic carboxylic acids is 1. The maximum Gasteiger partial charge on any atom is 0.312 e. The third kappa shape index (κ3) is 2.35. The molecule has 0 bridgehead atoms. The molecule has 0 spiro atoms. The molecule has 19 heavy (non-hydrogen) atoms. The van der Waals surface area contributed by atoms with E-state index in [1.165, 1.54) is 7.11 Å². The van der Waals surface area contributed by atoms with Crippen molar-refractivity contribution in [2.75, 3.05) is 13.7 Å². The molecule has 2 atom stereocenters. The second kappa shape index (κ2) is 5.27. The fourth-order valence-electron chi connectivity index (χ4n) is 2.30. The third-order valence-corrected chi connectivity index (χ3v) is 3.69. The fourth-order valence-corrected chi connectivity index (χ4v) is 2.65. The van der Waals surface area contributed by atoms with Crippen molar-refractivity contribution in [3.63, 3.8) is 0 Å². The van der Waals surface area contributed by atoms with E-state index >= 15 is 0 Å². The summed E-state index contributed by atoms with van der Waals surface area (Å²) in [6.45, 7) is 1.90. The molecule has 1 aliphatic heterocycles. The first-order valence-electron chi connectivity index (χ1n) is 5.98. The average Bonchev–Trinajstić information content (AvgIpc) is 2.75. The van der Waals surface area contributed by atoms with Crippen molar-refractivity contribution in [1.82, 2.24) is 0 Å². The van der Waals surface area contributed by atoms with Gasteiger partial charge in [0.05, 0.1) is 18.1 Å². The van der Waals surface area contributed by atoms with Crippen LogP contribution in [0.1, 0.15) is 24.0 Å². The molecule has 0 aliphatic carbocycles. The summed E-state index contributed by atoms with van der Waals surface area (Å²) in [4.78, 5) is 11.2. The van der Waals surface area contributed by atoms with Crippen LogP contribution in [0.15, 0.2) is 6.07 Å². The molecule has 0 saturated carbocycles. The molecule has 0 fully saturated rings. The van der Waals surface area contributed by atoms with Crippen LogP contribution < -0.4 is 15.2 Å². The minimum absolute atomic E-state index is 0.00203. The number of carbonyl (C=O) groups is 1. The molecule has 2 unspecified atom stereocenters. The maximum absolute atomic E-state index is 11.2. The molecule has 1 aromatic carbocycles. The van der Waals surface area contributed by atoms with Crippen LogP contribution in [-0.4, -0.2) is 30.8 Å². The largest absolute Gasteiger partial charge is 0.493 e. The lowest BCUT2D eigenvalue weighted by Gasteiger charge is -2.16. The monoisotopic (exact) mass is 285 g/mol. The SMILES string of the molecule is COc1cc(C(CN)C(=O)O)c(Cl)c2c1OC(C)C2. The Morgan fingerprint density at radius 2 is 2.42 bits per heavy atom. The van der Waals surface area contributed by atoms with Gasteiger partial charge in [0, 0.05) is 18.5 Å². The highest BCUT2D eigenvalue weighted by Gasteiger charge is 2.31. The number of carboxylic acid groups (broad SMARTS) is 1. The number of rotatable bonds is 4. The number of methoxy groups -OCH3 is 1. The van der Waals surface area contributed by atoms with E-state index in [4.69, 9.17) is 26.8 Å². The number of carboxylic acids is 1. The van der Waals surface area contributed by atoms with Crippen molar-refractivity contribution in [3.8, 4) is 11.5 Å². The van der Waals surface area contributed by atoms with Gasteiger partial charge in [-0.05, 0) is 18.6 Å². The Bertz CT molecular complexity index is 518. The second-order valence-electron chi connectivity index (χ2n) is 4.55. The molecule has 0 aromatic heterocycles. The predicted octanol–water partition coefficient (Wildman–Crippen LogP) is 1.80. The first-order chi connectivity index (χ1) is 8.99. The zero-order chi connectivity index (χ0) is 14.2. The lowest BCUT2D eigenvalue weighted by Crippen LogP contribution is -2.21. The Morgan fingerprint density at radius 3 is 2.95 bits per heavy atom. The highest BCUT2D eigenvalue weighted by Crippen LogP contribution is 2.45.